The monoisotopic (exact) mass is 287 g/mol. The summed E-state index contributed by atoms with van der Waals surface area (Å²) in [7, 11) is 0. The van der Waals surface area contributed by atoms with Gasteiger partial charge in [0, 0.05) is 19.1 Å². The fourth-order valence-electron chi connectivity index (χ4n) is 2.03. The van der Waals surface area contributed by atoms with E-state index >= 15 is 0 Å². The third-order valence-electron chi connectivity index (χ3n) is 2.93. The molecule has 1 aromatic carbocycles. The first-order chi connectivity index (χ1) is 8.15. The summed E-state index contributed by atoms with van der Waals surface area (Å²) in [6, 6.07) is 3.84. The van der Waals surface area contributed by atoms with Gasteiger partial charge in [0.15, 0.2) is 5.13 Å². The highest BCUT2D eigenvalue weighted by molar-refractivity contribution is 7.23. The Labute approximate surface area is 113 Å². The molecule has 17 heavy (non-hydrogen) atoms. The zero-order valence-electron chi connectivity index (χ0n) is 8.99. The van der Waals surface area contributed by atoms with E-state index in [9.17, 15) is 0 Å². The van der Waals surface area contributed by atoms with Gasteiger partial charge in [-0.05, 0) is 18.6 Å². The highest BCUT2D eigenvalue weighted by atomic mass is 35.5. The van der Waals surface area contributed by atoms with Crippen molar-refractivity contribution in [3.63, 3.8) is 0 Å². The highest BCUT2D eigenvalue weighted by Gasteiger charge is 2.22. The van der Waals surface area contributed by atoms with Gasteiger partial charge in [0.05, 0.1) is 14.7 Å². The molecule has 0 spiro atoms. The average molecular weight is 288 g/mol. The molecule has 2 heterocycles. The molecule has 1 saturated heterocycles. The fraction of sp³-hybridized carbons (Fsp3) is 0.364. The van der Waals surface area contributed by atoms with E-state index in [-0.39, 0.29) is 6.04 Å². The van der Waals surface area contributed by atoms with Crippen molar-refractivity contribution in [2.24, 2.45) is 5.73 Å². The lowest BCUT2D eigenvalue weighted by Crippen LogP contribution is -2.26. The number of halogens is 2. The van der Waals surface area contributed by atoms with Crippen LogP contribution in [0.2, 0.25) is 10.0 Å². The predicted molar refractivity (Wildman–Crippen MR) is 74.4 cm³/mol. The molecule has 3 nitrogen and oxygen atoms in total. The van der Waals surface area contributed by atoms with Gasteiger partial charge in [0.2, 0.25) is 0 Å². The number of anilines is 1. The maximum Gasteiger partial charge on any atom is 0.186 e. The van der Waals surface area contributed by atoms with Crippen molar-refractivity contribution < 1.29 is 0 Å². The summed E-state index contributed by atoms with van der Waals surface area (Å²) >= 11 is 13.8. The topological polar surface area (TPSA) is 42.1 Å². The van der Waals surface area contributed by atoms with Crippen molar-refractivity contribution in [1.29, 1.82) is 0 Å². The van der Waals surface area contributed by atoms with Crippen LogP contribution in [0.25, 0.3) is 10.2 Å². The van der Waals surface area contributed by atoms with E-state index in [0.29, 0.717) is 10.0 Å². The molecule has 0 bridgehead atoms. The molecule has 0 saturated carbocycles. The van der Waals surface area contributed by atoms with Crippen molar-refractivity contribution in [2.75, 3.05) is 18.0 Å². The first kappa shape index (κ1) is 11.5. The standard InChI is InChI=1S/C11H11Cl2N3S/c12-7-1-2-8(13)10-9(7)15-11(17-10)16-4-3-6(14)5-16/h1-2,6H,3-5,14H2. The second-order valence-electron chi connectivity index (χ2n) is 4.20. The zero-order valence-corrected chi connectivity index (χ0v) is 11.3. The number of nitrogens with two attached hydrogens (primary N) is 1. The van der Waals surface area contributed by atoms with Gasteiger partial charge in [-0.15, -0.1) is 0 Å². The average Bonchev–Trinajstić information content (AvgIpc) is 2.90. The Morgan fingerprint density at radius 3 is 2.76 bits per heavy atom. The molecule has 2 aromatic rings. The van der Waals surface area contributed by atoms with Gasteiger partial charge < -0.3 is 10.6 Å². The normalized spacial score (nSPS) is 20.4. The van der Waals surface area contributed by atoms with E-state index in [0.717, 1.165) is 34.9 Å². The number of thiazole rings is 1. The number of hydrogen-bond acceptors (Lipinski definition) is 4. The van der Waals surface area contributed by atoms with E-state index in [2.05, 4.69) is 9.88 Å². The molecule has 90 valence electrons. The van der Waals surface area contributed by atoms with Crippen molar-refractivity contribution in [2.45, 2.75) is 12.5 Å². The fourth-order valence-corrected chi connectivity index (χ4v) is 3.59. The van der Waals surface area contributed by atoms with Gasteiger partial charge in [-0.25, -0.2) is 4.98 Å². The second kappa shape index (κ2) is 4.28. The number of benzene rings is 1. The number of nitrogens with zero attached hydrogens (tertiary/aromatic N) is 2. The van der Waals surface area contributed by atoms with Crippen LogP contribution in [0.1, 0.15) is 6.42 Å². The molecule has 1 fully saturated rings. The van der Waals surface area contributed by atoms with E-state index in [1.807, 2.05) is 6.07 Å². The lowest BCUT2D eigenvalue weighted by atomic mass is 10.3. The molecule has 1 atom stereocenters. The van der Waals surface area contributed by atoms with Crippen LogP contribution in [-0.4, -0.2) is 24.1 Å². The van der Waals surface area contributed by atoms with Crippen LogP contribution < -0.4 is 10.6 Å². The molecule has 3 rings (SSSR count). The van der Waals surface area contributed by atoms with Gasteiger partial charge in [-0.2, -0.15) is 0 Å². The van der Waals surface area contributed by atoms with Gasteiger partial charge in [0.1, 0.15) is 5.52 Å². The largest absolute Gasteiger partial charge is 0.346 e. The third kappa shape index (κ3) is 1.99. The van der Waals surface area contributed by atoms with Crippen LogP contribution in [-0.2, 0) is 0 Å². The number of rotatable bonds is 1. The summed E-state index contributed by atoms with van der Waals surface area (Å²) in [5.74, 6) is 0. The van der Waals surface area contributed by atoms with Crippen LogP contribution in [0.5, 0.6) is 0 Å². The highest BCUT2D eigenvalue weighted by Crippen LogP contribution is 2.38. The van der Waals surface area contributed by atoms with Crippen LogP contribution in [0.4, 0.5) is 5.13 Å². The van der Waals surface area contributed by atoms with Crippen molar-refractivity contribution >= 4 is 49.9 Å². The Morgan fingerprint density at radius 1 is 1.35 bits per heavy atom. The predicted octanol–water partition coefficient (Wildman–Crippen LogP) is 3.14. The molecule has 1 unspecified atom stereocenters. The molecule has 1 aliphatic rings. The zero-order chi connectivity index (χ0) is 12.0. The summed E-state index contributed by atoms with van der Waals surface area (Å²) in [6.07, 6.45) is 1.01. The minimum atomic E-state index is 0.243. The first-order valence-corrected chi connectivity index (χ1v) is 6.97. The molecule has 0 radical (unpaired) electrons. The Balaban J connectivity index is 2.07. The summed E-state index contributed by atoms with van der Waals surface area (Å²) in [6.45, 7) is 1.81. The Kier molecular flexibility index (Phi) is 2.91. The molecule has 2 N–H and O–H groups in total. The molecular formula is C11H11Cl2N3S. The minimum absolute atomic E-state index is 0.243. The van der Waals surface area contributed by atoms with Crippen molar-refractivity contribution in [3.8, 4) is 0 Å². The molecule has 0 amide bonds. The Morgan fingerprint density at radius 2 is 2.12 bits per heavy atom. The van der Waals surface area contributed by atoms with Crippen LogP contribution in [0.3, 0.4) is 0 Å². The SMILES string of the molecule is NC1CCN(c2nc3c(Cl)ccc(Cl)c3s2)C1. The maximum absolute atomic E-state index is 6.15. The van der Waals surface area contributed by atoms with E-state index in [4.69, 9.17) is 28.9 Å². The van der Waals surface area contributed by atoms with E-state index in [1.54, 1.807) is 17.4 Å². The Hall–Kier alpha value is -0.550. The third-order valence-corrected chi connectivity index (χ3v) is 4.81. The summed E-state index contributed by atoms with van der Waals surface area (Å²) in [4.78, 5) is 6.76. The number of hydrogen-bond donors (Lipinski definition) is 1. The van der Waals surface area contributed by atoms with Crippen molar-refractivity contribution in [1.82, 2.24) is 4.98 Å². The van der Waals surface area contributed by atoms with Gasteiger partial charge in [-0.1, -0.05) is 34.5 Å². The Bertz CT molecular complexity index is 530. The summed E-state index contributed by atoms with van der Waals surface area (Å²) < 4.78 is 0.953. The van der Waals surface area contributed by atoms with E-state index < -0.39 is 0 Å². The number of fused-ring (bicyclic) bond motifs is 1. The lowest BCUT2D eigenvalue weighted by molar-refractivity contribution is 0.752. The summed E-state index contributed by atoms with van der Waals surface area (Å²) in [5, 5.41) is 2.31. The van der Waals surface area contributed by atoms with Crippen LogP contribution in [0.15, 0.2) is 12.1 Å². The molecule has 1 aromatic heterocycles. The van der Waals surface area contributed by atoms with Gasteiger partial charge in [-0.3, -0.25) is 0 Å². The van der Waals surface area contributed by atoms with Crippen LogP contribution in [0, 0.1) is 0 Å². The lowest BCUT2D eigenvalue weighted by Gasteiger charge is -2.12. The quantitative estimate of drug-likeness (QED) is 0.876. The molecule has 0 aliphatic carbocycles. The molecule has 6 heteroatoms. The first-order valence-electron chi connectivity index (χ1n) is 5.40. The smallest absolute Gasteiger partial charge is 0.186 e. The summed E-state index contributed by atoms with van der Waals surface area (Å²) in [5.41, 5.74) is 6.69. The van der Waals surface area contributed by atoms with Crippen molar-refractivity contribution in [3.05, 3.63) is 22.2 Å². The van der Waals surface area contributed by atoms with Gasteiger partial charge >= 0.3 is 0 Å². The molecule has 1 aliphatic heterocycles. The second-order valence-corrected chi connectivity index (χ2v) is 5.99. The maximum atomic E-state index is 6.15. The van der Waals surface area contributed by atoms with Crippen LogP contribution >= 0.6 is 34.5 Å². The molecular weight excluding hydrogens is 277 g/mol. The van der Waals surface area contributed by atoms with Gasteiger partial charge in [0.25, 0.3) is 0 Å². The number of aromatic nitrogens is 1. The van der Waals surface area contributed by atoms with E-state index in [1.165, 1.54) is 0 Å². The minimum Gasteiger partial charge on any atom is -0.346 e.